The lowest BCUT2D eigenvalue weighted by Crippen LogP contribution is -2.12. The molecule has 0 fully saturated rings. The van der Waals surface area contributed by atoms with Gasteiger partial charge < -0.3 is 16.2 Å². The van der Waals surface area contributed by atoms with Crippen LogP contribution in [0, 0.1) is 11.3 Å². The number of carbonyl (C=O) groups is 1. The van der Waals surface area contributed by atoms with Gasteiger partial charge >= 0.3 is 5.97 Å². The number of fused-ring (bicyclic) bond motifs is 1. The van der Waals surface area contributed by atoms with E-state index in [0.29, 0.717) is 15.9 Å². The zero-order valence-electron chi connectivity index (χ0n) is 12.7. The van der Waals surface area contributed by atoms with Crippen LogP contribution in [0.5, 0.6) is 0 Å². The number of nitrogens with zero attached hydrogens (tertiary/aromatic N) is 4. The smallest absolute Gasteiger partial charge is 0.337 e. The first-order valence-corrected chi connectivity index (χ1v) is 7.45. The third-order valence-electron chi connectivity index (χ3n) is 3.52. The van der Waals surface area contributed by atoms with Crippen LogP contribution in [0.15, 0.2) is 30.6 Å². The Morgan fingerprint density at radius 3 is 2.92 bits per heavy atom. The molecule has 0 unspecified atom stereocenters. The Bertz CT molecular complexity index is 1030. The molecule has 0 spiro atoms. The lowest BCUT2D eigenvalue weighted by Gasteiger charge is -2.11. The van der Waals surface area contributed by atoms with Crippen molar-refractivity contribution in [3.8, 4) is 6.07 Å². The SMILES string of the molecule is N#Cc1c(N)ncnc1NCc1nc2c(Cl)cccc2cc1C(=O)O. The van der Waals surface area contributed by atoms with Crippen molar-refractivity contribution in [1.29, 1.82) is 5.26 Å². The topological polar surface area (TPSA) is 138 Å². The zero-order valence-corrected chi connectivity index (χ0v) is 13.4. The van der Waals surface area contributed by atoms with Crippen LogP contribution in [0.1, 0.15) is 21.6 Å². The van der Waals surface area contributed by atoms with Gasteiger partial charge in [0.15, 0.2) is 0 Å². The number of rotatable bonds is 4. The van der Waals surface area contributed by atoms with Crippen molar-refractivity contribution in [2.24, 2.45) is 0 Å². The first-order valence-electron chi connectivity index (χ1n) is 7.07. The number of hydrogen-bond acceptors (Lipinski definition) is 7. The maximum Gasteiger partial charge on any atom is 0.337 e. The molecule has 2 aromatic heterocycles. The van der Waals surface area contributed by atoms with Gasteiger partial charge in [-0.3, -0.25) is 0 Å². The van der Waals surface area contributed by atoms with E-state index in [1.807, 2.05) is 6.07 Å². The first-order chi connectivity index (χ1) is 12.0. The first kappa shape index (κ1) is 16.4. The molecule has 0 bridgehead atoms. The van der Waals surface area contributed by atoms with E-state index in [2.05, 4.69) is 20.3 Å². The number of para-hydroxylation sites is 1. The number of nitrogen functional groups attached to an aromatic ring is 1. The van der Waals surface area contributed by atoms with E-state index in [9.17, 15) is 9.90 Å². The number of nitriles is 1. The van der Waals surface area contributed by atoms with E-state index in [1.54, 1.807) is 18.2 Å². The minimum absolute atomic E-state index is 0.0218. The molecule has 4 N–H and O–H groups in total. The molecule has 0 saturated heterocycles. The molecule has 0 amide bonds. The highest BCUT2D eigenvalue weighted by Crippen LogP contribution is 2.25. The molecule has 1 aromatic carbocycles. The minimum atomic E-state index is -1.12. The summed E-state index contributed by atoms with van der Waals surface area (Å²) in [5, 5.41) is 22.5. The molecule has 0 aliphatic rings. The molecule has 25 heavy (non-hydrogen) atoms. The van der Waals surface area contributed by atoms with Crippen LogP contribution < -0.4 is 11.1 Å². The Labute approximate surface area is 146 Å². The van der Waals surface area contributed by atoms with Gasteiger partial charge in [0.25, 0.3) is 0 Å². The molecular weight excluding hydrogens is 344 g/mol. The Hall–Kier alpha value is -3.44. The second-order valence-corrected chi connectivity index (χ2v) is 5.45. The maximum atomic E-state index is 11.5. The van der Waals surface area contributed by atoms with Crippen LogP contribution >= 0.6 is 11.6 Å². The van der Waals surface area contributed by atoms with Gasteiger partial charge in [-0.1, -0.05) is 23.7 Å². The minimum Gasteiger partial charge on any atom is -0.478 e. The average molecular weight is 355 g/mol. The Kier molecular flexibility index (Phi) is 4.33. The second kappa shape index (κ2) is 6.59. The normalized spacial score (nSPS) is 10.4. The molecule has 0 saturated carbocycles. The summed E-state index contributed by atoms with van der Waals surface area (Å²) in [7, 11) is 0. The second-order valence-electron chi connectivity index (χ2n) is 5.05. The summed E-state index contributed by atoms with van der Waals surface area (Å²) in [5.41, 5.74) is 6.50. The number of carboxylic acids is 1. The zero-order chi connectivity index (χ0) is 18.0. The van der Waals surface area contributed by atoms with Crippen molar-refractivity contribution in [2.75, 3.05) is 11.1 Å². The van der Waals surface area contributed by atoms with Gasteiger partial charge in [-0.15, -0.1) is 0 Å². The molecule has 3 rings (SSSR count). The van der Waals surface area contributed by atoms with Crippen molar-refractivity contribution in [3.63, 3.8) is 0 Å². The molecule has 0 aliphatic heterocycles. The average Bonchev–Trinajstić information content (AvgIpc) is 2.59. The fourth-order valence-corrected chi connectivity index (χ4v) is 2.56. The van der Waals surface area contributed by atoms with Gasteiger partial charge in [0.2, 0.25) is 0 Å². The number of hydrogen-bond donors (Lipinski definition) is 3. The lowest BCUT2D eigenvalue weighted by atomic mass is 10.1. The Morgan fingerprint density at radius 1 is 1.40 bits per heavy atom. The molecule has 9 heteroatoms. The van der Waals surface area contributed by atoms with Crippen molar-refractivity contribution in [2.45, 2.75) is 6.54 Å². The maximum absolute atomic E-state index is 11.5. The van der Waals surface area contributed by atoms with Gasteiger partial charge in [0.05, 0.1) is 28.3 Å². The van der Waals surface area contributed by atoms with Gasteiger partial charge in [-0.05, 0) is 12.1 Å². The molecule has 0 radical (unpaired) electrons. The predicted molar refractivity (Wildman–Crippen MR) is 92.2 cm³/mol. The summed E-state index contributed by atoms with van der Waals surface area (Å²) in [6, 6.07) is 8.54. The summed E-state index contributed by atoms with van der Waals surface area (Å²) in [4.78, 5) is 23.6. The predicted octanol–water partition coefficient (Wildman–Crippen LogP) is 2.44. The highest BCUT2D eigenvalue weighted by Gasteiger charge is 2.16. The molecule has 2 heterocycles. The number of nitrogens with two attached hydrogens (primary N) is 1. The molecular formula is C16H11ClN6O2. The van der Waals surface area contributed by atoms with Crippen LogP contribution in [-0.4, -0.2) is 26.0 Å². The summed E-state index contributed by atoms with van der Waals surface area (Å²) in [5.74, 6) is -0.880. The van der Waals surface area contributed by atoms with E-state index in [0.717, 1.165) is 0 Å². The van der Waals surface area contributed by atoms with E-state index >= 15 is 0 Å². The monoisotopic (exact) mass is 354 g/mol. The highest BCUT2D eigenvalue weighted by molar-refractivity contribution is 6.35. The van der Waals surface area contributed by atoms with E-state index in [-0.39, 0.29) is 35.0 Å². The quantitative estimate of drug-likeness (QED) is 0.649. The number of nitrogens with one attached hydrogen (secondary N) is 1. The van der Waals surface area contributed by atoms with Crippen molar-refractivity contribution in [1.82, 2.24) is 15.0 Å². The Morgan fingerprint density at radius 2 is 2.20 bits per heavy atom. The van der Waals surface area contributed by atoms with Crippen molar-refractivity contribution < 1.29 is 9.90 Å². The lowest BCUT2D eigenvalue weighted by molar-refractivity contribution is 0.0695. The number of halogens is 1. The van der Waals surface area contributed by atoms with Crippen LogP contribution in [0.2, 0.25) is 5.02 Å². The molecule has 8 nitrogen and oxygen atoms in total. The summed E-state index contributed by atoms with van der Waals surface area (Å²) in [6.07, 6.45) is 1.21. The molecule has 0 atom stereocenters. The number of aromatic nitrogens is 3. The van der Waals surface area contributed by atoms with E-state index < -0.39 is 5.97 Å². The Balaban J connectivity index is 2.02. The fourth-order valence-electron chi connectivity index (χ4n) is 2.33. The fraction of sp³-hybridized carbons (Fsp3) is 0.0625. The number of benzene rings is 1. The largest absolute Gasteiger partial charge is 0.478 e. The standard InChI is InChI=1S/C16H11ClN6O2/c17-11-3-1-2-8-4-9(16(24)25)12(23-13(8)11)6-20-15-10(5-18)14(19)21-7-22-15/h1-4,7H,6H2,(H,24,25)(H3,19,20,21,22). The highest BCUT2D eigenvalue weighted by atomic mass is 35.5. The van der Waals surface area contributed by atoms with Crippen LogP contribution in [0.25, 0.3) is 10.9 Å². The van der Waals surface area contributed by atoms with E-state index in [1.165, 1.54) is 12.4 Å². The number of aromatic carboxylic acids is 1. The summed E-state index contributed by atoms with van der Waals surface area (Å²) >= 11 is 6.14. The molecule has 124 valence electrons. The van der Waals surface area contributed by atoms with Gasteiger partial charge in [-0.25, -0.2) is 19.7 Å². The van der Waals surface area contributed by atoms with Crippen LogP contribution in [-0.2, 0) is 6.54 Å². The van der Waals surface area contributed by atoms with Crippen molar-refractivity contribution >= 4 is 40.1 Å². The van der Waals surface area contributed by atoms with Crippen LogP contribution in [0.3, 0.4) is 0 Å². The molecule has 3 aromatic rings. The van der Waals surface area contributed by atoms with E-state index in [4.69, 9.17) is 22.6 Å². The third-order valence-corrected chi connectivity index (χ3v) is 3.82. The summed E-state index contributed by atoms with van der Waals surface area (Å²) in [6.45, 7) is 0.0218. The number of carboxylic acid groups (broad SMARTS) is 1. The number of anilines is 2. The van der Waals surface area contributed by atoms with Crippen molar-refractivity contribution in [3.05, 3.63) is 52.4 Å². The number of pyridine rings is 1. The molecule has 0 aliphatic carbocycles. The third kappa shape index (κ3) is 3.13. The van der Waals surface area contributed by atoms with Crippen LogP contribution in [0.4, 0.5) is 11.6 Å². The van der Waals surface area contributed by atoms with Gasteiger partial charge in [0.1, 0.15) is 29.6 Å². The van der Waals surface area contributed by atoms with Gasteiger partial charge in [0, 0.05) is 5.39 Å². The summed E-state index contributed by atoms with van der Waals surface area (Å²) < 4.78 is 0. The van der Waals surface area contributed by atoms with Gasteiger partial charge in [-0.2, -0.15) is 5.26 Å².